The highest BCUT2D eigenvalue weighted by atomic mass is 16.5. The van der Waals surface area contributed by atoms with Gasteiger partial charge in [0.05, 0.1) is 5.60 Å². The molecule has 1 rings (SSSR count). The third-order valence-electron chi connectivity index (χ3n) is 3.02. The zero-order valence-electron chi connectivity index (χ0n) is 13.3. The summed E-state index contributed by atoms with van der Waals surface area (Å²) < 4.78 is 5.41. The van der Waals surface area contributed by atoms with E-state index in [-0.39, 0.29) is 19.1 Å². The molecule has 0 aliphatic carbocycles. The Morgan fingerprint density at radius 1 is 1.33 bits per heavy atom. The highest BCUT2D eigenvalue weighted by molar-refractivity contribution is 5.77. The van der Waals surface area contributed by atoms with Gasteiger partial charge in [0.15, 0.2) is 6.61 Å². The average Bonchev–Trinajstić information content (AvgIpc) is 2.42. The van der Waals surface area contributed by atoms with Gasteiger partial charge in [-0.25, -0.2) is 0 Å². The Morgan fingerprint density at radius 3 is 2.48 bits per heavy atom. The number of carbonyl (C=O) groups excluding carboxylic acids is 1. The Bertz CT molecular complexity index is 441. The molecule has 0 saturated carbocycles. The second-order valence-corrected chi connectivity index (χ2v) is 5.80. The van der Waals surface area contributed by atoms with E-state index in [2.05, 4.69) is 12.2 Å². The van der Waals surface area contributed by atoms with Crippen LogP contribution >= 0.6 is 0 Å². The molecule has 118 valence electrons. The number of benzene rings is 1. The van der Waals surface area contributed by atoms with E-state index in [1.807, 2.05) is 43.3 Å². The first-order valence-electron chi connectivity index (χ1n) is 7.18. The van der Waals surface area contributed by atoms with Gasteiger partial charge in [-0.15, -0.1) is 0 Å². The fourth-order valence-corrected chi connectivity index (χ4v) is 2.05. The molecule has 0 aromatic heterocycles. The Labute approximate surface area is 126 Å². The van der Waals surface area contributed by atoms with Crippen LogP contribution < -0.4 is 10.1 Å². The summed E-state index contributed by atoms with van der Waals surface area (Å²) in [5, 5.41) is 12.8. The predicted molar refractivity (Wildman–Crippen MR) is 83.5 cm³/mol. The number of amides is 1. The third kappa shape index (κ3) is 7.11. The van der Waals surface area contributed by atoms with Crippen LogP contribution in [0.5, 0.6) is 5.75 Å². The molecule has 5 heteroatoms. The minimum Gasteiger partial charge on any atom is -0.484 e. The van der Waals surface area contributed by atoms with Gasteiger partial charge in [0, 0.05) is 13.1 Å². The number of likely N-dealkylation sites (N-methyl/N-ethyl adjacent to an activating group) is 1. The maximum absolute atomic E-state index is 11.7. The lowest BCUT2D eigenvalue weighted by atomic mass is 10.1. The standard InChI is InChI=1S/C16H26N2O3/c1-5-13-6-8-14(9-7-13)21-10-15(19)17-11-16(2,20)12-18(3)4/h6-9,20H,5,10-12H2,1-4H3,(H,17,19). The topological polar surface area (TPSA) is 61.8 Å². The minimum absolute atomic E-state index is 0.0521. The van der Waals surface area contributed by atoms with Crippen molar-refractivity contribution in [2.75, 3.05) is 33.8 Å². The first kappa shape index (κ1) is 17.5. The Hall–Kier alpha value is -1.59. The molecule has 1 amide bonds. The third-order valence-corrected chi connectivity index (χ3v) is 3.02. The largest absolute Gasteiger partial charge is 0.484 e. The van der Waals surface area contributed by atoms with Crippen molar-refractivity contribution in [3.63, 3.8) is 0 Å². The van der Waals surface area contributed by atoms with Crippen LogP contribution in [0, 0.1) is 0 Å². The molecule has 1 aromatic rings. The van der Waals surface area contributed by atoms with Crippen LogP contribution in [0.25, 0.3) is 0 Å². The molecule has 0 radical (unpaired) electrons. The zero-order chi connectivity index (χ0) is 15.9. The molecule has 0 aliphatic rings. The van der Waals surface area contributed by atoms with Crippen LogP contribution in [-0.4, -0.2) is 55.3 Å². The Morgan fingerprint density at radius 2 is 1.95 bits per heavy atom. The Balaban J connectivity index is 2.33. The van der Waals surface area contributed by atoms with E-state index in [9.17, 15) is 9.90 Å². The number of aliphatic hydroxyl groups is 1. The highest BCUT2D eigenvalue weighted by Crippen LogP contribution is 2.12. The quantitative estimate of drug-likeness (QED) is 0.752. The molecular weight excluding hydrogens is 268 g/mol. The van der Waals surface area contributed by atoms with Crippen LogP contribution in [-0.2, 0) is 11.2 Å². The zero-order valence-corrected chi connectivity index (χ0v) is 13.3. The summed E-state index contributed by atoms with van der Waals surface area (Å²) in [6.45, 7) is 4.40. The van der Waals surface area contributed by atoms with Crippen LogP contribution in [0.4, 0.5) is 0 Å². The van der Waals surface area contributed by atoms with E-state index in [0.717, 1.165) is 6.42 Å². The van der Waals surface area contributed by atoms with E-state index in [1.54, 1.807) is 6.92 Å². The summed E-state index contributed by atoms with van der Waals surface area (Å²) in [5.41, 5.74) is 0.272. The van der Waals surface area contributed by atoms with Crippen molar-refractivity contribution in [1.82, 2.24) is 10.2 Å². The molecule has 1 aromatic carbocycles. The van der Waals surface area contributed by atoms with Gasteiger partial charge in [-0.2, -0.15) is 0 Å². The van der Waals surface area contributed by atoms with Gasteiger partial charge in [-0.1, -0.05) is 19.1 Å². The Kier molecular flexibility index (Phi) is 6.65. The number of nitrogens with zero attached hydrogens (tertiary/aromatic N) is 1. The van der Waals surface area contributed by atoms with Gasteiger partial charge >= 0.3 is 0 Å². The number of nitrogens with one attached hydrogen (secondary N) is 1. The SMILES string of the molecule is CCc1ccc(OCC(=O)NCC(C)(O)CN(C)C)cc1. The minimum atomic E-state index is -0.956. The lowest BCUT2D eigenvalue weighted by molar-refractivity contribution is -0.124. The number of ether oxygens (including phenoxy) is 1. The highest BCUT2D eigenvalue weighted by Gasteiger charge is 2.22. The van der Waals surface area contributed by atoms with E-state index in [0.29, 0.717) is 12.3 Å². The van der Waals surface area contributed by atoms with Crippen molar-refractivity contribution in [3.05, 3.63) is 29.8 Å². The number of hydrogen-bond acceptors (Lipinski definition) is 4. The maximum Gasteiger partial charge on any atom is 0.258 e. The van der Waals surface area contributed by atoms with Crippen molar-refractivity contribution in [3.8, 4) is 5.75 Å². The van der Waals surface area contributed by atoms with E-state index in [4.69, 9.17) is 4.74 Å². The van der Waals surface area contributed by atoms with E-state index in [1.165, 1.54) is 5.56 Å². The molecule has 0 saturated heterocycles. The number of rotatable bonds is 8. The fourth-order valence-electron chi connectivity index (χ4n) is 2.05. The first-order valence-corrected chi connectivity index (χ1v) is 7.18. The van der Waals surface area contributed by atoms with Gasteiger partial charge < -0.3 is 20.1 Å². The fraction of sp³-hybridized carbons (Fsp3) is 0.562. The average molecular weight is 294 g/mol. The molecule has 0 fully saturated rings. The van der Waals surface area contributed by atoms with Crippen molar-refractivity contribution < 1.29 is 14.6 Å². The molecule has 0 spiro atoms. The van der Waals surface area contributed by atoms with Gasteiger partial charge in [0.1, 0.15) is 5.75 Å². The van der Waals surface area contributed by atoms with Gasteiger partial charge in [0.25, 0.3) is 5.91 Å². The molecule has 0 heterocycles. The molecule has 0 bridgehead atoms. The monoisotopic (exact) mass is 294 g/mol. The van der Waals surface area contributed by atoms with Crippen molar-refractivity contribution in [1.29, 1.82) is 0 Å². The first-order chi connectivity index (χ1) is 9.82. The molecule has 1 unspecified atom stereocenters. The number of aryl methyl sites for hydroxylation is 1. The van der Waals surface area contributed by atoms with Crippen LogP contribution in [0.2, 0.25) is 0 Å². The summed E-state index contributed by atoms with van der Waals surface area (Å²) in [5.74, 6) is 0.427. The number of hydrogen-bond donors (Lipinski definition) is 2. The van der Waals surface area contributed by atoms with Crippen molar-refractivity contribution >= 4 is 5.91 Å². The predicted octanol–water partition coefficient (Wildman–Crippen LogP) is 1.06. The maximum atomic E-state index is 11.7. The molecule has 0 aliphatic heterocycles. The molecule has 21 heavy (non-hydrogen) atoms. The van der Waals surface area contributed by atoms with E-state index < -0.39 is 5.60 Å². The van der Waals surface area contributed by atoms with E-state index >= 15 is 0 Å². The summed E-state index contributed by atoms with van der Waals surface area (Å²) in [6.07, 6.45) is 0.974. The van der Waals surface area contributed by atoms with Crippen LogP contribution in [0.15, 0.2) is 24.3 Å². The molecule has 5 nitrogen and oxygen atoms in total. The summed E-state index contributed by atoms with van der Waals surface area (Å²) in [7, 11) is 3.75. The molecule has 1 atom stereocenters. The summed E-state index contributed by atoms with van der Waals surface area (Å²) in [4.78, 5) is 13.6. The van der Waals surface area contributed by atoms with Crippen molar-refractivity contribution in [2.45, 2.75) is 25.9 Å². The summed E-state index contributed by atoms with van der Waals surface area (Å²) >= 11 is 0. The molecular formula is C16H26N2O3. The van der Waals surface area contributed by atoms with Gasteiger partial charge in [-0.05, 0) is 45.1 Å². The van der Waals surface area contributed by atoms with Gasteiger partial charge in [0.2, 0.25) is 0 Å². The lowest BCUT2D eigenvalue weighted by Crippen LogP contribution is -2.47. The normalized spacial score (nSPS) is 13.8. The lowest BCUT2D eigenvalue weighted by Gasteiger charge is -2.27. The van der Waals surface area contributed by atoms with Gasteiger partial charge in [-0.3, -0.25) is 4.79 Å². The number of carbonyl (C=O) groups is 1. The summed E-state index contributed by atoms with van der Waals surface area (Å²) in [6, 6.07) is 7.67. The van der Waals surface area contributed by atoms with Crippen molar-refractivity contribution in [2.24, 2.45) is 0 Å². The molecule has 2 N–H and O–H groups in total. The van der Waals surface area contributed by atoms with Crippen LogP contribution in [0.3, 0.4) is 0 Å². The second kappa shape index (κ2) is 8.00. The second-order valence-electron chi connectivity index (χ2n) is 5.80. The van der Waals surface area contributed by atoms with Crippen LogP contribution in [0.1, 0.15) is 19.4 Å². The smallest absolute Gasteiger partial charge is 0.258 e.